The van der Waals surface area contributed by atoms with Gasteiger partial charge < -0.3 is 25.2 Å². The maximum absolute atomic E-state index is 10.4. The fourth-order valence-corrected chi connectivity index (χ4v) is 4.80. The third-order valence-electron chi connectivity index (χ3n) is 5.44. The van der Waals surface area contributed by atoms with E-state index in [1.165, 1.54) is 17.7 Å². The van der Waals surface area contributed by atoms with Gasteiger partial charge in [-0.25, -0.2) is 0 Å². The summed E-state index contributed by atoms with van der Waals surface area (Å²) in [6.07, 6.45) is -2.65. The average molecular weight is 437 g/mol. The molecule has 0 amide bonds. The zero-order chi connectivity index (χ0) is 20.5. The molecule has 1 heterocycles. The molecule has 0 bridgehead atoms. The maximum atomic E-state index is 10.4. The zero-order valence-corrected chi connectivity index (χ0v) is 17.4. The van der Waals surface area contributed by atoms with E-state index >= 15 is 0 Å². The van der Waals surface area contributed by atoms with Crippen LogP contribution in [0.3, 0.4) is 0 Å². The molecular weight excluding hydrogens is 412 g/mol. The zero-order valence-electron chi connectivity index (χ0n) is 15.8. The standard InChI is InChI=1S/C22H25ClO5S/c23-17-8-3-13(22-21(27)20(26)19(25)18(11-24)28-22)10-14(17)9-12-1-4-15(5-2-12)29-16-6-7-16/h1-5,8,10,16,18-22,24-27H,6-7,9,11H2/t18-,19?,20+,21-,22+/m1/s1. The molecule has 2 aromatic carbocycles. The molecule has 2 aliphatic rings. The first-order valence-electron chi connectivity index (χ1n) is 9.80. The molecule has 29 heavy (non-hydrogen) atoms. The molecule has 2 aromatic rings. The van der Waals surface area contributed by atoms with E-state index in [4.69, 9.17) is 16.3 Å². The molecule has 1 unspecified atom stereocenters. The van der Waals surface area contributed by atoms with Gasteiger partial charge in [0.15, 0.2) is 0 Å². The minimum Gasteiger partial charge on any atom is -0.394 e. The van der Waals surface area contributed by atoms with Crippen molar-refractivity contribution in [3.05, 3.63) is 64.2 Å². The van der Waals surface area contributed by atoms with E-state index < -0.39 is 37.1 Å². The van der Waals surface area contributed by atoms with Gasteiger partial charge in [0, 0.05) is 15.2 Å². The van der Waals surface area contributed by atoms with Gasteiger partial charge in [0.1, 0.15) is 30.5 Å². The van der Waals surface area contributed by atoms with Crippen molar-refractivity contribution >= 4 is 23.4 Å². The second-order valence-electron chi connectivity index (χ2n) is 7.74. The van der Waals surface area contributed by atoms with Gasteiger partial charge in [-0.05, 0) is 54.2 Å². The van der Waals surface area contributed by atoms with Crippen molar-refractivity contribution < 1.29 is 25.2 Å². The lowest BCUT2D eigenvalue weighted by Crippen LogP contribution is -2.55. The van der Waals surface area contributed by atoms with E-state index in [0.29, 0.717) is 17.0 Å². The van der Waals surface area contributed by atoms with Crippen molar-refractivity contribution in [2.75, 3.05) is 6.61 Å². The molecule has 5 nitrogen and oxygen atoms in total. The van der Waals surface area contributed by atoms with Crippen molar-refractivity contribution in [3.63, 3.8) is 0 Å². The molecule has 4 N–H and O–H groups in total. The van der Waals surface area contributed by atoms with Crippen LogP contribution in [0.15, 0.2) is 47.4 Å². The Kier molecular flexibility index (Phi) is 6.51. The van der Waals surface area contributed by atoms with Crippen LogP contribution in [-0.2, 0) is 11.2 Å². The Labute approximate surface area is 179 Å². The van der Waals surface area contributed by atoms with Crippen LogP contribution >= 0.6 is 23.4 Å². The van der Waals surface area contributed by atoms with Gasteiger partial charge in [-0.1, -0.05) is 35.9 Å². The number of aliphatic hydroxyl groups is 4. The van der Waals surface area contributed by atoms with Crippen molar-refractivity contribution in [1.29, 1.82) is 0 Å². The van der Waals surface area contributed by atoms with Crippen LogP contribution in [0, 0.1) is 0 Å². The lowest BCUT2D eigenvalue weighted by molar-refractivity contribution is -0.231. The Hall–Kier alpha value is -1.12. The summed E-state index contributed by atoms with van der Waals surface area (Å²) >= 11 is 8.32. The minimum atomic E-state index is -1.40. The Morgan fingerprint density at radius 1 is 0.966 bits per heavy atom. The van der Waals surface area contributed by atoms with Crippen molar-refractivity contribution in [2.24, 2.45) is 0 Å². The predicted octanol–water partition coefficient (Wildman–Crippen LogP) is 2.70. The topological polar surface area (TPSA) is 90.2 Å². The fraction of sp³-hybridized carbons (Fsp3) is 0.455. The Morgan fingerprint density at radius 3 is 2.34 bits per heavy atom. The summed E-state index contributed by atoms with van der Waals surface area (Å²) in [5.41, 5.74) is 2.64. The normalized spacial score (nSPS) is 29.8. The highest BCUT2D eigenvalue weighted by Crippen LogP contribution is 2.39. The van der Waals surface area contributed by atoms with Crippen LogP contribution in [0.2, 0.25) is 5.02 Å². The maximum Gasteiger partial charge on any atom is 0.113 e. The molecule has 0 spiro atoms. The van der Waals surface area contributed by atoms with Crippen LogP contribution < -0.4 is 0 Å². The molecule has 1 aliphatic heterocycles. The van der Waals surface area contributed by atoms with Gasteiger partial charge >= 0.3 is 0 Å². The lowest BCUT2D eigenvalue weighted by atomic mass is 9.90. The quantitative estimate of drug-likeness (QED) is 0.556. The first-order valence-corrected chi connectivity index (χ1v) is 11.1. The number of aliphatic hydroxyl groups excluding tert-OH is 4. The lowest BCUT2D eigenvalue weighted by Gasteiger charge is -2.40. The minimum absolute atomic E-state index is 0.451. The number of thioether (sulfide) groups is 1. The van der Waals surface area contributed by atoms with E-state index in [9.17, 15) is 20.4 Å². The predicted molar refractivity (Wildman–Crippen MR) is 112 cm³/mol. The van der Waals surface area contributed by atoms with Gasteiger partial charge in [0.05, 0.1) is 6.61 Å². The van der Waals surface area contributed by atoms with E-state index in [2.05, 4.69) is 24.3 Å². The number of halogens is 1. The molecule has 156 valence electrons. The summed E-state index contributed by atoms with van der Waals surface area (Å²) in [7, 11) is 0. The van der Waals surface area contributed by atoms with Gasteiger partial charge in [0.2, 0.25) is 0 Å². The summed E-state index contributed by atoms with van der Waals surface area (Å²) < 4.78 is 5.66. The molecule has 0 radical (unpaired) electrons. The second kappa shape index (κ2) is 8.94. The van der Waals surface area contributed by atoms with Crippen molar-refractivity contribution in [3.8, 4) is 0 Å². The molecule has 0 aromatic heterocycles. The number of hydrogen-bond donors (Lipinski definition) is 4. The second-order valence-corrected chi connectivity index (χ2v) is 9.52. The van der Waals surface area contributed by atoms with Crippen molar-refractivity contribution in [2.45, 2.75) is 59.9 Å². The third kappa shape index (κ3) is 4.80. The van der Waals surface area contributed by atoms with E-state index in [1.807, 2.05) is 17.8 Å². The largest absolute Gasteiger partial charge is 0.394 e. The molecule has 1 saturated carbocycles. The summed E-state index contributed by atoms with van der Waals surface area (Å²) in [5, 5.41) is 41.2. The van der Waals surface area contributed by atoms with Gasteiger partial charge in [-0.3, -0.25) is 0 Å². The third-order valence-corrected chi connectivity index (χ3v) is 7.15. The fourth-order valence-electron chi connectivity index (χ4n) is 3.57. The molecule has 1 saturated heterocycles. The van der Waals surface area contributed by atoms with Crippen molar-refractivity contribution in [1.82, 2.24) is 0 Å². The molecule has 4 rings (SSSR count). The van der Waals surface area contributed by atoms with E-state index in [1.54, 1.807) is 12.1 Å². The number of rotatable bonds is 6. The summed E-state index contributed by atoms with van der Waals surface area (Å²) in [4.78, 5) is 1.28. The number of benzene rings is 2. The first-order chi connectivity index (χ1) is 14.0. The highest BCUT2D eigenvalue weighted by atomic mass is 35.5. The number of ether oxygens (including phenoxy) is 1. The smallest absolute Gasteiger partial charge is 0.113 e. The first kappa shape index (κ1) is 21.1. The van der Waals surface area contributed by atoms with Crippen LogP contribution in [0.4, 0.5) is 0 Å². The molecule has 2 fully saturated rings. The summed E-state index contributed by atoms with van der Waals surface area (Å²) in [6, 6.07) is 13.8. The van der Waals surface area contributed by atoms with Gasteiger partial charge in [-0.2, -0.15) is 0 Å². The Morgan fingerprint density at radius 2 is 1.69 bits per heavy atom. The van der Waals surface area contributed by atoms with Crippen LogP contribution in [0.25, 0.3) is 0 Å². The van der Waals surface area contributed by atoms with Gasteiger partial charge in [0.25, 0.3) is 0 Å². The van der Waals surface area contributed by atoms with Crippen LogP contribution in [-0.4, -0.2) is 56.7 Å². The molecule has 7 heteroatoms. The SMILES string of the molecule is OC[C@H]1O[C@@H](c2ccc(Cl)c(Cc3ccc(SC4CC4)cc3)c2)[C@H](O)[C@@H](O)C1O. The Balaban J connectivity index is 1.52. The summed E-state index contributed by atoms with van der Waals surface area (Å²) in [5.74, 6) is 0. The van der Waals surface area contributed by atoms with Gasteiger partial charge in [-0.15, -0.1) is 11.8 Å². The monoisotopic (exact) mass is 436 g/mol. The van der Waals surface area contributed by atoms with Crippen LogP contribution in [0.1, 0.15) is 35.6 Å². The highest BCUT2D eigenvalue weighted by Gasteiger charge is 2.44. The van der Waals surface area contributed by atoms with E-state index in [-0.39, 0.29) is 0 Å². The van der Waals surface area contributed by atoms with Crippen LogP contribution in [0.5, 0.6) is 0 Å². The van der Waals surface area contributed by atoms with E-state index in [0.717, 1.165) is 16.4 Å². The number of hydrogen-bond acceptors (Lipinski definition) is 6. The highest BCUT2D eigenvalue weighted by molar-refractivity contribution is 8.00. The molecule has 5 atom stereocenters. The molecular formula is C22H25ClO5S. The molecule has 1 aliphatic carbocycles. The Bertz CT molecular complexity index is 840. The summed E-state index contributed by atoms with van der Waals surface area (Å²) in [6.45, 7) is -0.451. The average Bonchev–Trinajstić information content (AvgIpc) is 3.54.